The molecule has 0 unspecified atom stereocenters. The van der Waals surface area contributed by atoms with E-state index in [-0.39, 0.29) is 5.91 Å². The molecular weight excluding hydrogens is 336 g/mol. The Bertz CT molecular complexity index is 840. The highest BCUT2D eigenvalue weighted by atomic mass is 16.1. The summed E-state index contributed by atoms with van der Waals surface area (Å²) in [6.45, 7) is 4.28. The quantitative estimate of drug-likeness (QED) is 0.606. The molecule has 0 aliphatic heterocycles. The van der Waals surface area contributed by atoms with Gasteiger partial charge in [-0.15, -0.1) is 0 Å². The zero-order valence-corrected chi connectivity index (χ0v) is 15.7. The highest BCUT2D eigenvalue weighted by Crippen LogP contribution is 2.11. The minimum Gasteiger partial charge on any atom is -0.329 e. The molecule has 0 spiro atoms. The molecule has 5 nitrogen and oxygen atoms in total. The van der Waals surface area contributed by atoms with Crippen molar-refractivity contribution in [3.8, 4) is 0 Å². The number of nitrogens with one attached hydrogen (secondary N) is 2. The van der Waals surface area contributed by atoms with Crippen LogP contribution in [-0.2, 0) is 24.4 Å². The van der Waals surface area contributed by atoms with Gasteiger partial charge in [-0.2, -0.15) is 0 Å². The maximum absolute atomic E-state index is 11.6. The van der Waals surface area contributed by atoms with E-state index < -0.39 is 0 Å². The van der Waals surface area contributed by atoms with Gasteiger partial charge >= 0.3 is 0 Å². The number of carbonyl (C=O) groups is 1. The summed E-state index contributed by atoms with van der Waals surface area (Å²) < 4.78 is 2.16. The van der Waals surface area contributed by atoms with Gasteiger partial charge in [-0.05, 0) is 29.7 Å². The van der Waals surface area contributed by atoms with E-state index in [0.29, 0.717) is 13.0 Å². The van der Waals surface area contributed by atoms with E-state index >= 15 is 0 Å². The molecule has 1 amide bonds. The molecule has 0 bridgehead atoms. The van der Waals surface area contributed by atoms with Crippen LogP contribution in [0.15, 0.2) is 67.0 Å². The molecule has 27 heavy (non-hydrogen) atoms. The van der Waals surface area contributed by atoms with E-state index in [1.54, 1.807) is 0 Å². The Morgan fingerprint density at radius 1 is 1.00 bits per heavy atom. The number of aromatic nitrogens is 2. The Labute approximate surface area is 160 Å². The first kappa shape index (κ1) is 18.9. The fraction of sp³-hybridized carbons (Fsp3) is 0.273. The number of rotatable bonds is 9. The first-order chi connectivity index (χ1) is 13.2. The number of amides is 1. The van der Waals surface area contributed by atoms with Crippen LogP contribution in [-0.4, -0.2) is 15.5 Å². The van der Waals surface area contributed by atoms with Gasteiger partial charge in [0.15, 0.2) is 0 Å². The van der Waals surface area contributed by atoms with E-state index in [9.17, 15) is 4.79 Å². The largest absolute Gasteiger partial charge is 0.329 e. The molecule has 2 aromatic carbocycles. The topological polar surface area (TPSA) is 59.0 Å². The van der Waals surface area contributed by atoms with Crippen molar-refractivity contribution >= 4 is 11.6 Å². The van der Waals surface area contributed by atoms with Crippen LogP contribution in [0.3, 0.4) is 0 Å². The minimum atomic E-state index is 0.0635. The summed E-state index contributed by atoms with van der Waals surface area (Å²) >= 11 is 0. The molecule has 0 fully saturated rings. The van der Waals surface area contributed by atoms with E-state index in [1.165, 1.54) is 11.1 Å². The smallest absolute Gasteiger partial charge is 0.224 e. The average Bonchev–Trinajstić information content (AvgIpc) is 3.11. The summed E-state index contributed by atoms with van der Waals surface area (Å²) in [6.07, 6.45) is 5.26. The van der Waals surface area contributed by atoms with Crippen LogP contribution in [0, 0.1) is 0 Å². The molecule has 0 radical (unpaired) electrons. The molecule has 1 aromatic heterocycles. The molecule has 0 aliphatic carbocycles. The zero-order chi connectivity index (χ0) is 18.9. The third kappa shape index (κ3) is 5.79. The zero-order valence-electron chi connectivity index (χ0n) is 15.7. The average molecular weight is 362 g/mol. The molecule has 0 atom stereocenters. The van der Waals surface area contributed by atoms with Gasteiger partial charge in [-0.1, -0.05) is 49.4 Å². The minimum absolute atomic E-state index is 0.0635. The maximum atomic E-state index is 11.6. The molecule has 0 saturated heterocycles. The maximum Gasteiger partial charge on any atom is 0.224 e. The molecule has 0 saturated carbocycles. The van der Waals surface area contributed by atoms with Gasteiger partial charge in [0.25, 0.3) is 0 Å². The predicted molar refractivity (Wildman–Crippen MR) is 108 cm³/mol. The Morgan fingerprint density at radius 2 is 1.78 bits per heavy atom. The second kappa shape index (κ2) is 9.69. The first-order valence-electron chi connectivity index (χ1n) is 9.38. The molecule has 2 N–H and O–H groups in total. The monoisotopic (exact) mass is 362 g/mol. The van der Waals surface area contributed by atoms with Gasteiger partial charge in [0.1, 0.15) is 5.82 Å². The number of hydrogen-bond donors (Lipinski definition) is 2. The Balaban J connectivity index is 1.49. The third-order valence-electron chi connectivity index (χ3n) is 4.32. The van der Waals surface area contributed by atoms with Crippen LogP contribution < -0.4 is 10.6 Å². The van der Waals surface area contributed by atoms with E-state index in [4.69, 9.17) is 0 Å². The highest BCUT2D eigenvalue weighted by molar-refractivity contribution is 5.90. The number of benzene rings is 2. The lowest BCUT2D eigenvalue weighted by molar-refractivity contribution is -0.116. The number of carbonyl (C=O) groups excluding carboxylic acids is 1. The van der Waals surface area contributed by atoms with Crippen molar-refractivity contribution in [3.05, 3.63) is 83.9 Å². The summed E-state index contributed by atoms with van der Waals surface area (Å²) in [5.41, 5.74) is 3.28. The van der Waals surface area contributed by atoms with Gasteiger partial charge in [-0.25, -0.2) is 4.98 Å². The standard InChI is InChI=1S/C22H26N4O/c1-2-6-22(27)25-20-11-9-18(10-12-20)15-23-16-21-24-13-14-26(21)17-19-7-4-3-5-8-19/h3-5,7-14,23H,2,6,15-17H2,1H3,(H,25,27). The Kier molecular flexibility index (Phi) is 6.77. The fourth-order valence-electron chi connectivity index (χ4n) is 2.91. The van der Waals surface area contributed by atoms with Gasteiger partial charge in [0.2, 0.25) is 5.91 Å². The first-order valence-corrected chi connectivity index (χ1v) is 9.38. The number of anilines is 1. The third-order valence-corrected chi connectivity index (χ3v) is 4.32. The van der Waals surface area contributed by atoms with Crippen LogP contribution in [0.4, 0.5) is 5.69 Å². The van der Waals surface area contributed by atoms with Crippen LogP contribution >= 0.6 is 0 Å². The lowest BCUT2D eigenvalue weighted by atomic mass is 10.2. The summed E-state index contributed by atoms with van der Waals surface area (Å²) in [6, 6.07) is 18.3. The SMILES string of the molecule is CCCC(=O)Nc1ccc(CNCc2nccn2Cc2ccccc2)cc1. The van der Waals surface area contributed by atoms with Crippen LogP contribution in [0.2, 0.25) is 0 Å². The molecule has 1 heterocycles. The molecule has 5 heteroatoms. The number of hydrogen-bond acceptors (Lipinski definition) is 3. The summed E-state index contributed by atoms with van der Waals surface area (Å²) in [5.74, 6) is 1.08. The van der Waals surface area contributed by atoms with Gasteiger partial charge in [-0.3, -0.25) is 4.79 Å². The van der Waals surface area contributed by atoms with Crippen molar-refractivity contribution in [1.29, 1.82) is 0 Å². The molecule has 140 valence electrons. The van der Waals surface area contributed by atoms with E-state index in [1.807, 2.05) is 49.6 Å². The second-order valence-electron chi connectivity index (χ2n) is 6.56. The lowest BCUT2D eigenvalue weighted by Crippen LogP contribution is -2.17. The van der Waals surface area contributed by atoms with Crippen molar-refractivity contribution in [2.45, 2.75) is 39.4 Å². The van der Waals surface area contributed by atoms with Crippen LogP contribution in [0.1, 0.15) is 36.7 Å². The van der Waals surface area contributed by atoms with Crippen LogP contribution in [0.5, 0.6) is 0 Å². The number of nitrogens with zero attached hydrogens (tertiary/aromatic N) is 2. The molecule has 3 rings (SSSR count). The normalized spacial score (nSPS) is 10.7. The fourth-order valence-corrected chi connectivity index (χ4v) is 2.91. The van der Waals surface area contributed by atoms with Gasteiger partial charge < -0.3 is 15.2 Å². The van der Waals surface area contributed by atoms with Gasteiger partial charge in [0, 0.05) is 37.6 Å². The number of imidazole rings is 1. The van der Waals surface area contributed by atoms with Crippen molar-refractivity contribution in [2.75, 3.05) is 5.32 Å². The van der Waals surface area contributed by atoms with Crippen molar-refractivity contribution < 1.29 is 4.79 Å². The summed E-state index contributed by atoms with van der Waals surface area (Å²) in [5, 5.41) is 6.35. The van der Waals surface area contributed by atoms with Crippen LogP contribution in [0.25, 0.3) is 0 Å². The highest BCUT2D eigenvalue weighted by Gasteiger charge is 2.04. The Morgan fingerprint density at radius 3 is 2.52 bits per heavy atom. The van der Waals surface area contributed by atoms with E-state index in [2.05, 4.69) is 44.5 Å². The Hall–Kier alpha value is -2.92. The van der Waals surface area contributed by atoms with Crippen molar-refractivity contribution in [2.24, 2.45) is 0 Å². The van der Waals surface area contributed by atoms with Crippen molar-refractivity contribution in [1.82, 2.24) is 14.9 Å². The molecular formula is C22H26N4O. The predicted octanol–water partition coefficient (Wildman–Crippen LogP) is 3.96. The lowest BCUT2D eigenvalue weighted by Gasteiger charge is -2.10. The summed E-state index contributed by atoms with van der Waals surface area (Å²) in [7, 11) is 0. The van der Waals surface area contributed by atoms with Gasteiger partial charge in [0.05, 0.1) is 6.54 Å². The van der Waals surface area contributed by atoms with E-state index in [0.717, 1.165) is 31.0 Å². The molecule has 3 aromatic rings. The molecule has 0 aliphatic rings. The van der Waals surface area contributed by atoms with Crippen molar-refractivity contribution in [3.63, 3.8) is 0 Å². The second-order valence-corrected chi connectivity index (χ2v) is 6.56. The summed E-state index contributed by atoms with van der Waals surface area (Å²) in [4.78, 5) is 16.1.